The molecule has 0 spiro atoms. The lowest BCUT2D eigenvalue weighted by Crippen LogP contribution is -2.04. The zero-order valence-electron chi connectivity index (χ0n) is 11.8. The molecule has 114 valence electrons. The quantitative estimate of drug-likeness (QED) is 0.321. The highest BCUT2D eigenvalue weighted by Crippen LogP contribution is 2.05. The van der Waals surface area contributed by atoms with Gasteiger partial charge in [-0.1, -0.05) is 45.4 Å². The van der Waals surface area contributed by atoms with E-state index < -0.39 is 11.9 Å². The minimum Gasteiger partial charge on any atom is -0.481 e. The molecule has 0 unspecified atom stereocenters. The fourth-order valence-electron chi connectivity index (χ4n) is 1.36. The first-order chi connectivity index (χ1) is 9.08. The molecule has 19 heavy (non-hydrogen) atoms. The lowest BCUT2D eigenvalue weighted by atomic mass is 10.1. The molecule has 0 heterocycles. The molecule has 0 atom stereocenters. The van der Waals surface area contributed by atoms with Crippen molar-refractivity contribution in [2.24, 2.45) is 5.73 Å². The molecule has 6 nitrogen and oxygen atoms in total. The van der Waals surface area contributed by atoms with Crippen LogP contribution in [0.25, 0.3) is 0 Å². The Hall–Kier alpha value is -1.14. The third kappa shape index (κ3) is 22.5. The molecule has 0 aliphatic heterocycles. The maximum Gasteiger partial charge on any atom is 0.342 e. The molecule has 0 rings (SSSR count). The number of hydrogen-bond donors (Lipinski definition) is 3. The molecular formula is C13H27NO5. The zero-order chi connectivity index (χ0) is 14.9. The molecule has 0 aliphatic rings. The second kappa shape index (κ2) is 16.9. The summed E-state index contributed by atoms with van der Waals surface area (Å²) < 4.78 is 0. The Kier molecular flexibility index (Phi) is 17.9. The Morgan fingerprint density at radius 3 is 1.95 bits per heavy atom. The van der Waals surface area contributed by atoms with Gasteiger partial charge in [0.25, 0.3) is 0 Å². The minimum absolute atomic E-state index is 0.300. The fourth-order valence-corrected chi connectivity index (χ4v) is 1.36. The van der Waals surface area contributed by atoms with Crippen molar-refractivity contribution in [3.63, 3.8) is 0 Å². The van der Waals surface area contributed by atoms with Crippen LogP contribution in [-0.4, -0.2) is 28.8 Å². The van der Waals surface area contributed by atoms with E-state index in [1.165, 1.54) is 44.9 Å². The molecule has 0 bridgehead atoms. The normalized spacial score (nSPS) is 9.42. The Morgan fingerprint density at radius 2 is 1.53 bits per heavy atom. The summed E-state index contributed by atoms with van der Waals surface area (Å²) in [7, 11) is 0. The highest BCUT2D eigenvalue weighted by molar-refractivity contribution is 5.76. The van der Waals surface area contributed by atoms with Crippen LogP contribution in [0.5, 0.6) is 0 Å². The van der Waals surface area contributed by atoms with Gasteiger partial charge in [0, 0.05) is 0 Å². The largest absolute Gasteiger partial charge is 0.481 e. The maximum atomic E-state index is 9.98. The van der Waals surface area contributed by atoms with Crippen LogP contribution in [0.15, 0.2) is 0 Å². The number of nitrogens with two attached hydrogens (primary N) is 1. The van der Waals surface area contributed by atoms with Gasteiger partial charge in [0.1, 0.15) is 0 Å². The van der Waals surface area contributed by atoms with Crippen LogP contribution in [-0.2, 0) is 14.5 Å². The van der Waals surface area contributed by atoms with Crippen LogP contribution in [0, 0.1) is 0 Å². The Bertz CT molecular complexity index is 213. The van der Waals surface area contributed by atoms with Gasteiger partial charge in [-0.15, -0.1) is 0 Å². The van der Waals surface area contributed by atoms with Gasteiger partial charge in [0.2, 0.25) is 0 Å². The van der Waals surface area contributed by atoms with Crippen LogP contribution in [0.2, 0.25) is 0 Å². The molecule has 0 aromatic heterocycles. The monoisotopic (exact) mass is 277 g/mol. The third-order valence-corrected chi connectivity index (χ3v) is 2.45. The van der Waals surface area contributed by atoms with Crippen molar-refractivity contribution in [3.05, 3.63) is 0 Å². The Balaban J connectivity index is 0. The SMILES string of the molecule is CCCCCCCCCN.O=C(O)CCC(=O)OO. The lowest BCUT2D eigenvalue weighted by Gasteiger charge is -1.97. The smallest absolute Gasteiger partial charge is 0.342 e. The number of carboxylic acid groups (broad SMARTS) is 1. The maximum absolute atomic E-state index is 9.98. The van der Waals surface area contributed by atoms with Crippen LogP contribution in [0.4, 0.5) is 0 Å². The summed E-state index contributed by atoms with van der Waals surface area (Å²) in [5.74, 6) is -2.03. The first-order valence-corrected chi connectivity index (χ1v) is 6.84. The van der Waals surface area contributed by atoms with Crippen molar-refractivity contribution in [1.29, 1.82) is 0 Å². The Labute approximate surface area is 114 Å². The van der Waals surface area contributed by atoms with Crippen LogP contribution in [0.1, 0.15) is 64.7 Å². The van der Waals surface area contributed by atoms with Crippen molar-refractivity contribution in [3.8, 4) is 0 Å². The van der Waals surface area contributed by atoms with Crippen LogP contribution >= 0.6 is 0 Å². The van der Waals surface area contributed by atoms with Gasteiger partial charge in [0.15, 0.2) is 0 Å². The third-order valence-electron chi connectivity index (χ3n) is 2.45. The van der Waals surface area contributed by atoms with E-state index in [4.69, 9.17) is 16.1 Å². The molecule has 6 heteroatoms. The zero-order valence-corrected chi connectivity index (χ0v) is 11.8. The molecule has 0 aliphatic carbocycles. The van der Waals surface area contributed by atoms with Gasteiger partial charge in [-0.25, -0.2) is 4.79 Å². The van der Waals surface area contributed by atoms with Gasteiger partial charge in [-0.3, -0.25) is 4.79 Å². The summed E-state index contributed by atoms with van der Waals surface area (Å²) in [6, 6.07) is 0. The molecule has 0 amide bonds. The van der Waals surface area contributed by atoms with E-state index in [2.05, 4.69) is 11.8 Å². The van der Waals surface area contributed by atoms with Gasteiger partial charge in [0.05, 0.1) is 12.8 Å². The number of carbonyl (C=O) groups is 2. The average Bonchev–Trinajstić information content (AvgIpc) is 2.40. The van der Waals surface area contributed by atoms with Crippen molar-refractivity contribution in [2.45, 2.75) is 64.7 Å². The summed E-state index contributed by atoms with van der Waals surface area (Å²) in [5.41, 5.74) is 5.37. The summed E-state index contributed by atoms with van der Waals surface area (Å²) in [5, 5.41) is 15.6. The van der Waals surface area contributed by atoms with Gasteiger partial charge >= 0.3 is 11.9 Å². The first-order valence-electron chi connectivity index (χ1n) is 6.84. The number of hydrogen-bond acceptors (Lipinski definition) is 5. The summed E-state index contributed by atoms with van der Waals surface area (Å²) >= 11 is 0. The van der Waals surface area contributed by atoms with Crippen molar-refractivity contribution in [2.75, 3.05) is 6.54 Å². The van der Waals surface area contributed by atoms with Gasteiger partial charge in [-0.05, 0) is 13.0 Å². The van der Waals surface area contributed by atoms with E-state index in [0.29, 0.717) is 0 Å². The first kappa shape index (κ1) is 20.2. The molecule has 0 saturated heterocycles. The summed E-state index contributed by atoms with van der Waals surface area (Å²) in [4.78, 5) is 22.9. The van der Waals surface area contributed by atoms with Crippen molar-refractivity contribution >= 4 is 11.9 Å². The highest BCUT2D eigenvalue weighted by atomic mass is 17.1. The summed E-state index contributed by atoms with van der Waals surface area (Å²) in [6.45, 7) is 3.12. The van der Waals surface area contributed by atoms with Crippen LogP contribution < -0.4 is 5.73 Å². The number of unbranched alkanes of at least 4 members (excludes halogenated alkanes) is 6. The molecule has 0 aromatic rings. The number of rotatable bonds is 10. The number of carbonyl (C=O) groups excluding carboxylic acids is 1. The van der Waals surface area contributed by atoms with Crippen molar-refractivity contribution in [1.82, 2.24) is 0 Å². The Morgan fingerprint density at radius 1 is 1.00 bits per heavy atom. The number of aliphatic carboxylic acids is 1. The van der Waals surface area contributed by atoms with E-state index in [-0.39, 0.29) is 12.8 Å². The van der Waals surface area contributed by atoms with E-state index in [0.717, 1.165) is 6.54 Å². The molecular weight excluding hydrogens is 250 g/mol. The van der Waals surface area contributed by atoms with E-state index in [1.807, 2.05) is 0 Å². The van der Waals surface area contributed by atoms with Gasteiger partial charge < -0.3 is 15.7 Å². The van der Waals surface area contributed by atoms with E-state index >= 15 is 0 Å². The second-order valence-electron chi connectivity index (χ2n) is 4.27. The van der Waals surface area contributed by atoms with E-state index in [1.54, 1.807) is 0 Å². The molecule has 0 fully saturated rings. The highest BCUT2D eigenvalue weighted by Gasteiger charge is 2.04. The van der Waals surface area contributed by atoms with Gasteiger partial charge in [-0.2, -0.15) is 5.26 Å². The predicted octanol–water partition coefficient (Wildman–Crippen LogP) is 2.56. The molecule has 0 aromatic carbocycles. The lowest BCUT2D eigenvalue weighted by molar-refractivity contribution is -0.234. The topological polar surface area (TPSA) is 110 Å². The standard InChI is InChI=1S/C9H21N.C4H6O5/c1-2-3-4-5-6-7-8-9-10;5-3(6)1-2-4(7)9-8/h2-10H2,1H3;8H,1-2H2,(H,5,6). The number of carboxylic acids is 1. The predicted molar refractivity (Wildman–Crippen MR) is 72.6 cm³/mol. The van der Waals surface area contributed by atoms with Crippen molar-refractivity contribution < 1.29 is 24.8 Å². The molecule has 0 radical (unpaired) electrons. The second-order valence-corrected chi connectivity index (χ2v) is 4.27. The molecule has 0 saturated carbocycles. The van der Waals surface area contributed by atoms with E-state index in [9.17, 15) is 9.59 Å². The summed E-state index contributed by atoms with van der Waals surface area (Å²) in [6.07, 6.45) is 8.89. The molecule has 4 N–H and O–H groups in total. The average molecular weight is 277 g/mol. The minimum atomic E-state index is -1.10. The van der Waals surface area contributed by atoms with Crippen LogP contribution in [0.3, 0.4) is 0 Å². The fraction of sp³-hybridized carbons (Fsp3) is 0.846.